The van der Waals surface area contributed by atoms with Gasteiger partial charge in [-0.2, -0.15) is 11.3 Å². The van der Waals surface area contributed by atoms with E-state index >= 15 is 0 Å². The molecule has 0 spiro atoms. The van der Waals surface area contributed by atoms with E-state index in [9.17, 15) is 0 Å². The Hall–Kier alpha value is -1.32. The Labute approximate surface area is 125 Å². The summed E-state index contributed by atoms with van der Waals surface area (Å²) < 4.78 is 5.18. The summed E-state index contributed by atoms with van der Waals surface area (Å²) >= 11 is 1.76. The van der Waals surface area contributed by atoms with E-state index in [4.69, 9.17) is 4.74 Å². The van der Waals surface area contributed by atoms with Crippen LogP contribution in [0.2, 0.25) is 0 Å². The quantitative estimate of drug-likeness (QED) is 0.814. The lowest BCUT2D eigenvalue weighted by Crippen LogP contribution is -2.29. The molecule has 2 aromatic rings. The summed E-state index contributed by atoms with van der Waals surface area (Å²) in [7, 11) is 1.70. The van der Waals surface area contributed by atoms with Gasteiger partial charge in [-0.1, -0.05) is 12.1 Å². The molecule has 0 aliphatic carbocycles. The van der Waals surface area contributed by atoms with E-state index in [1.54, 1.807) is 18.4 Å². The number of rotatable bonds is 7. The number of benzene rings is 1. The van der Waals surface area contributed by atoms with Crippen LogP contribution in [0.15, 0.2) is 41.1 Å². The lowest BCUT2D eigenvalue weighted by atomic mass is 10.0. The van der Waals surface area contributed by atoms with E-state index in [2.05, 4.69) is 48.1 Å². The fourth-order valence-corrected chi connectivity index (χ4v) is 3.06. The molecule has 0 saturated carbocycles. The molecule has 0 fully saturated rings. The molecule has 0 radical (unpaired) electrons. The molecule has 0 bridgehead atoms. The predicted molar refractivity (Wildman–Crippen MR) is 86.6 cm³/mol. The van der Waals surface area contributed by atoms with Gasteiger partial charge in [-0.3, -0.25) is 0 Å². The van der Waals surface area contributed by atoms with E-state index in [-0.39, 0.29) is 0 Å². The number of nitrogens with one attached hydrogen (secondary N) is 1. The highest BCUT2D eigenvalue weighted by Crippen LogP contribution is 2.18. The first-order valence-corrected chi connectivity index (χ1v) is 8.04. The Morgan fingerprint density at radius 3 is 2.50 bits per heavy atom. The second-order valence-electron chi connectivity index (χ2n) is 5.23. The van der Waals surface area contributed by atoms with Crippen LogP contribution < -0.4 is 10.1 Å². The summed E-state index contributed by atoms with van der Waals surface area (Å²) in [6.07, 6.45) is 2.23. The number of hydrogen-bond acceptors (Lipinski definition) is 3. The molecular weight excluding hydrogens is 266 g/mol. The summed E-state index contributed by atoms with van der Waals surface area (Å²) in [5.74, 6) is 0.922. The van der Waals surface area contributed by atoms with Crippen molar-refractivity contribution in [1.82, 2.24) is 5.32 Å². The second kappa shape index (κ2) is 7.46. The number of aryl methyl sites for hydroxylation is 1. The Kier molecular flexibility index (Phi) is 5.62. The molecule has 2 rings (SSSR count). The zero-order chi connectivity index (χ0) is 14.4. The van der Waals surface area contributed by atoms with Gasteiger partial charge in [-0.05, 0) is 66.8 Å². The van der Waals surface area contributed by atoms with Gasteiger partial charge in [-0.15, -0.1) is 0 Å². The molecule has 20 heavy (non-hydrogen) atoms. The van der Waals surface area contributed by atoms with E-state index < -0.39 is 0 Å². The molecule has 1 aromatic heterocycles. The summed E-state index contributed by atoms with van der Waals surface area (Å²) in [6, 6.07) is 11.5. The molecule has 2 atom stereocenters. The molecule has 1 aromatic carbocycles. The summed E-state index contributed by atoms with van der Waals surface area (Å²) in [6.45, 7) is 4.48. The van der Waals surface area contributed by atoms with Crippen molar-refractivity contribution >= 4 is 11.3 Å². The van der Waals surface area contributed by atoms with Crippen molar-refractivity contribution in [2.45, 2.75) is 38.8 Å². The highest BCUT2D eigenvalue weighted by molar-refractivity contribution is 7.07. The lowest BCUT2D eigenvalue weighted by molar-refractivity contribution is 0.414. The standard InChI is InChI=1S/C17H23NOS/c1-13(18-14(2)16-10-11-20-12-16)4-5-15-6-8-17(19-3)9-7-15/h6-14,18H,4-5H2,1-3H3. The topological polar surface area (TPSA) is 21.3 Å². The van der Waals surface area contributed by atoms with Crippen molar-refractivity contribution in [2.75, 3.05) is 7.11 Å². The smallest absolute Gasteiger partial charge is 0.118 e. The Morgan fingerprint density at radius 2 is 1.90 bits per heavy atom. The van der Waals surface area contributed by atoms with Gasteiger partial charge < -0.3 is 10.1 Å². The predicted octanol–water partition coefficient (Wildman–Crippen LogP) is 4.43. The second-order valence-corrected chi connectivity index (χ2v) is 6.01. The van der Waals surface area contributed by atoms with Crippen LogP contribution in [-0.4, -0.2) is 13.2 Å². The summed E-state index contributed by atoms with van der Waals surface area (Å²) in [5, 5.41) is 8.01. The molecular formula is C17H23NOS. The molecule has 108 valence electrons. The van der Waals surface area contributed by atoms with E-state index in [0.29, 0.717) is 12.1 Å². The number of ether oxygens (including phenoxy) is 1. The molecule has 0 amide bonds. The Bertz CT molecular complexity index is 492. The number of methoxy groups -OCH3 is 1. The highest BCUT2D eigenvalue weighted by Gasteiger charge is 2.09. The fourth-order valence-electron chi connectivity index (χ4n) is 2.30. The first-order chi connectivity index (χ1) is 9.69. The maximum Gasteiger partial charge on any atom is 0.118 e. The lowest BCUT2D eigenvalue weighted by Gasteiger charge is -2.19. The van der Waals surface area contributed by atoms with E-state index in [0.717, 1.165) is 18.6 Å². The Morgan fingerprint density at radius 1 is 1.15 bits per heavy atom. The van der Waals surface area contributed by atoms with Crippen LogP contribution in [0.4, 0.5) is 0 Å². The normalized spacial score (nSPS) is 13.9. The van der Waals surface area contributed by atoms with Crippen molar-refractivity contribution in [3.63, 3.8) is 0 Å². The maximum absolute atomic E-state index is 5.18. The number of hydrogen-bond donors (Lipinski definition) is 1. The largest absolute Gasteiger partial charge is 0.497 e. The molecule has 0 aliphatic rings. The van der Waals surface area contributed by atoms with Crippen LogP contribution in [0.3, 0.4) is 0 Å². The third kappa shape index (κ3) is 4.36. The third-order valence-corrected chi connectivity index (χ3v) is 4.30. The third-order valence-electron chi connectivity index (χ3n) is 3.60. The molecule has 0 saturated heterocycles. The summed E-state index contributed by atoms with van der Waals surface area (Å²) in [5.41, 5.74) is 2.74. The van der Waals surface area contributed by atoms with Gasteiger partial charge in [0.1, 0.15) is 5.75 Å². The van der Waals surface area contributed by atoms with Gasteiger partial charge in [0.05, 0.1) is 7.11 Å². The summed E-state index contributed by atoms with van der Waals surface area (Å²) in [4.78, 5) is 0. The zero-order valence-corrected chi connectivity index (χ0v) is 13.2. The SMILES string of the molecule is COc1ccc(CCC(C)NC(C)c2ccsc2)cc1. The van der Waals surface area contributed by atoms with Crippen molar-refractivity contribution in [3.05, 3.63) is 52.2 Å². The minimum atomic E-state index is 0.423. The minimum Gasteiger partial charge on any atom is -0.497 e. The highest BCUT2D eigenvalue weighted by atomic mass is 32.1. The van der Waals surface area contributed by atoms with Gasteiger partial charge in [0.15, 0.2) is 0 Å². The van der Waals surface area contributed by atoms with Crippen molar-refractivity contribution < 1.29 is 4.74 Å². The van der Waals surface area contributed by atoms with Gasteiger partial charge >= 0.3 is 0 Å². The molecule has 1 heterocycles. The zero-order valence-electron chi connectivity index (χ0n) is 12.4. The molecule has 1 N–H and O–H groups in total. The number of thiophene rings is 1. The van der Waals surface area contributed by atoms with Gasteiger partial charge in [0.2, 0.25) is 0 Å². The van der Waals surface area contributed by atoms with Crippen LogP contribution in [0.25, 0.3) is 0 Å². The average molecular weight is 289 g/mol. The Balaban J connectivity index is 1.78. The molecule has 3 heteroatoms. The molecule has 2 unspecified atom stereocenters. The van der Waals surface area contributed by atoms with Crippen molar-refractivity contribution in [1.29, 1.82) is 0 Å². The van der Waals surface area contributed by atoms with Crippen molar-refractivity contribution in [2.24, 2.45) is 0 Å². The van der Waals surface area contributed by atoms with Crippen LogP contribution >= 0.6 is 11.3 Å². The van der Waals surface area contributed by atoms with Gasteiger partial charge in [0.25, 0.3) is 0 Å². The molecule has 2 nitrogen and oxygen atoms in total. The van der Waals surface area contributed by atoms with Crippen LogP contribution in [-0.2, 0) is 6.42 Å². The van der Waals surface area contributed by atoms with Gasteiger partial charge in [-0.25, -0.2) is 0 Å². The van der Waals surface area contributed by atoms with E-state index in [1.807, 2.05) is 12.1 Å². The average Bonchev–Trinajstić information content (AvgIpc) is 3.00. The monoisotopic (exact) mass is 289 g/mol. The fraction of sp³-hybridized carbons (Fsp3) is 0.412. The minimum absolute atomic E-state index is 0.423. The van der Waals surface area contributed by atoms with Crippen LogP contribution in [0.5, 0.6) is 5.75 Å². The van der Waals surface area contributed by atoms with Crippen LogP contribution in [0, 0.1) is 0 Å². The first-order valence-electron chi connectivity index (χ1n) is 7.10. The van der Waals surface area contributed by atoms with Crippen molar-refractivity contribution in [3.8, 4) is 5.75 Å². The van der Waals surface area contributed by atoms with Crippen LogP contribution in [0.1, 0.15) is 37.4 Å². The van der Waals surface area contributed by atoms with E-state index in [1.165, 1.54) is 11.1 Å². The van der Waals surface area contributed by atoms with Gasteiger partial charge in [0, 0.05) is 12.1 Å². The first kappa shape index (κ1) is 15.1. The maximum atomic E-state index is 5.18. The molecule has 0 aliphatic heterocycles.